The molecule has 116 valence electrons. The summed E-state index contributed by atoms with van der Waals surface area (Å²) >= 11 is 5.22. The summed E-state index contributed by atoms with van der Waals surface area (Å²) in [6, 6.07) is 7.10. The number of rotatable bonds is 7. The van der Waals surface area contributed by atoms with Crippen LogP contribution in [0.5, 0.6) is 0 Å². The molecule has 0 amide bonds. The van der Waals surface area contributed by atoms with Crippen LogP contribution < -0.4 is 10.6 Å². The molecule has 0 aliphatic carbocycles. The lowest BCUT2D eigenvalue weighted by Gasteiger charge is -2.13. The number of carbonyl (C=O) groups excluding carboxylic acids is 1. The second-order valence-corrected chi connectivity index (χ2v) is 5.25. The molecule has 2 N–H and O–H groups in total. The van der Waals surface area contributed by atoms with Crippen molar-refractivity contribution in [1.29, 1.82) is 0 Å². The molecule has 6 heteroatoms. The highest BCUT2D eigenvalue weighted by atomic mass is 32.1. The van der Waals surface area contributed by atoms with Gasteiger partial charge in [-0.1, -0.05) is 6.07 Å². The molecule has 0 heterocycles. The lowest BCUT2D eigenvalue weighted by atomic mass is 10.2. The van der Waals surface area contributed by atoms with Crippen LogP contribution in [0.15, 0.2) is 24.3 Å². The highest BCUT2D eigenvalue weighted by Gasteiger charge is 2.07. The van der Waals surface area contributed by atoms with Gasteiger partial charge < -0.3 is 20.3 Å². The van der Waals surface area contributed by atoms with E-state index in [-0.39, 0.29) is 5.97 Å². The summed E-state index contributed by atoms with van der Waals surface area (Å²) in [5.74, 6) is -0.328. The first kappa shape index (κ1) is 17.4. The summed E-state index contributed by atoms with van der Waals surface area (Å²) in [6.45, 7) is 3.96. The lowest BCUT2D eigenvalue weighted by Crippen LogP contribution is -2.30. The van der Waals surface area contributed by atoms with Crippen molar-refractivity contribution in [3.05, 3.63) is 29.8 Å². The SMILES string of the molecule is CCOC(=O)c1cccc(NC(=S)NCCCN(C)C)c1. The van der Waals surface area contributed by atoms with E-state index in [2.05, 4.69) is 15.5 Å². The minimum Gasteiger partial charge on any atom is -0.462 e. The average Bonchev–Trinajstić information content (AvgIpc) is 2.44. The molecule has 0 aliphatic rings. The summed E-state index contributed by atoms with van der Waals surface area (Å²) in [5.41, 5.74) is 1.28. The van der Waals surface area contributed by atoms with Crippen LogP contribution in [0.1, 0.15) is 23.7 Å². The van der Waals surface area contributed by atoms with Crippen molar-refractivity contribution < 1.29 is 9.53 Å². The van der Waals surface area contributed by atoms with E-state index in [4.69, 9.17) is 17.0 Å². The predicted octanol–water partition coefficient (Wildman–Crippen LogP) is 2.10. The van der Waals surface area contributed by atoms with E-state index in [0.717, 1.165) is 25.2 Å². The van der Waals surface area contributed by atoms with Crippen LogP contribution in [-0.2, 0) is 4.74 Å². The van der Waals surface area contributed by atoms with Gasteiger partial charge in [0.2, 0.25) is 0 Å². The second-order valence-electron chi connectivity index (χ2n) is 4.84. The van der Waals surface area contributed by atoms with Crippen LogP contribution in [0.25, 0.3) is 0 Å². The van der Waals surface area contributed by atoms with Gasteiger partial charge in [0.1, 0.15) is 0 Å². The van der Waals surface area contributed by atoms with Gasteiger partial charge in [-0.25, -0.2) is 4.79 Å². The number of hydrogen-bond donors (Lipinski definition) is 2. The fraction of sp³-hybridized carbons (Fsp3) is 0.467. The Balaban J connectivity index is 2.45. The highest BCUT2D eigenvalue weighted by molar-refractivity contribution is 7.80. The Morgan fingerprint density at radius 1 is 1.38 bits per heavy atom. The van der Waals surface area contributed by atoms with E-state index < -0.39 is 0 Å². The number of nitrogens with zero attached hydrogens (tertiary/aromatic N) is 1. The standard InChI is InChI=1S/C15H23N3O2S/c1-4-20-14(19)12-7-5-8-13(11-12)17-15(21)16-9-6-10-18(2)3/h5,7-8,11H,4,6,9-10H2,1-3H3,(H2,16,17,21). The number of nitrogens with one attached hydrogen (secondary N) is 2. The van der Waals surface area contributed by atoms with Gasteiger partial charge in [0, 0.05) is 12.2 Å². The molecular formula is C15H23N3O2S. The topological polar surface area (TPSA) is 53.6 Å². The van der Waals surface area contributed by atoms with Crippen molar-refractivity contribution in [2.24, 2.45) is 0 Å². The quantitative estimate of drug-likeness (QED) is 0.457. The fourth-order valence-corrected chi connectivity index (χ4v) is 1.93. The number of thiocarbonyl (C=S) groups is 1. The van der Waals surface area contributed by atoms with Gasteiger partial charge in [-0.2, -0.15) is 0 Å². The molecule has 1 aromatic rings. The van der Waals surface area contributed by atoms with Crippen molar-refractivity contribution in [1.82, 2.24) is 10.2 Å². The molecule has 0 unspecified atom stereocenters. The van der Waals surface area contributed by atoms with Crippen molar-refractivity contribution in [2.45, 2.75) is 13.3 Å². The lowest BCUT2D eigenvalue weighted by molar-refractivity contribution is 0.0526. The molecule has 0 saturated heterocycles. The van der Waals surface area contributed by atoms with Gasteiger partial charge in [0.05, 0.1) is 12.2 Å². The van der Waals surface area contributed by atoms with Gasteiger partial charge >= 0.3 is 5.97 Å². The number of benzene rings is 1. The number of esters is 1. The molecule has 1 rings (SSSR count). The predicted molar refractivity (Wildman–Crippen MR) is 89.8 cm³/mol. The molecule has 0 aromatic heterocycles. The average molecular weight is 309 g/mol. The van der Waals surface area contributed by atoms with E-state index in [1.807, 2.05) is 20.2 Å². The van der Waals surface area contributed by atoms with Gasteiger partial charge in [-0.05, 0) is 64.4 Å². The van der Waals surface area contributed by atoms with Crippen LogP contribution in [0.3, 0.4) is 0 Å². The molecule has 21 heavy (non-hydrogen) atoms. The summed E-state index contributed by atoms with van der Waals surface area (Å²) in [4.78, 5) is 13.8. The molecule has 0 bridgehead atoms. The maximum atomic E-state index is 11.7. The summed E-state index contributed by atoms with van der Waals surface area (Å²) < 4.78 is 4.97. The summed E-state index contributed by atoms with van der Waals surface area (Å²) in [5, 5.41) is 6.75. The third kappa shape index (κ3) is 7.06. The van der Waals surface area contributed by atoms with Crippen LogP contribution in [0.2, 0.25) is 0 Å². The van der Waals surface area contributed by atoms with E-state index in [9.17, 15) is 4.79 Å². The Morgan fingerprint density at radius 2 is 2.14 bits per heavy atom. The molecule has 0 atom stereocenters. The highest BCUT2D eigenvalue weighted by Crippen LogP contribution is 2.11. The van der Waals surface area contributed by atoms with Gasteiger partial charge in [-0.15, -0.1) is 0 Å². The van der Waals surface area contributed by atoms with E-state index in [1.54, 1.807) is 25.1 Å². The van der Waals surface area contributed by atoms with Crippen LogP contribution in [0.4, 0.5) is 5.69 Å². The maximum Gasteiger partial charge on any atom is 0.338 e. The van der Waals surface area contributed by atoms with Gasteiger partial charge in [-0.3, -0.25) is 0 Å². The van der Waals surface area contributed by atoms with Crippen molar-refractivity contribution >= 4 is 29.0 Å². The van der Waals surface area contributed by atoms with E-state index in [0.29, 0.717) is 17.3 Å². The summed E-state index contributed by atoms with van der Waals surface area (Å²) in [7, 11) is 4.08. The Hall–Kier alpha value is -1.66. The minimum atomic E-state index is -0.328. The van der Waals surface area contributed by atoms with Crippen LogP contribution in [0, 0.1) is 0 Å². The molecule has 0 saturated carbocycles. The maximum absolute atomic E-state index is 11.7. The molecule has 0 radical (unpaired) electrons. The third-order valence-electron chi connectivity index (χ3n) is 2.70. The van der Waals surface area contributed by atoms with E-state index in [1.165, 1.54) is 0 Å². The zero-order valence-electron chi connectivity index (χ0n) is 12.8. The minimum absolute atomic E-state index is 0.328. The molecule has 0 aliphatic heterocycles. The molecule has 5 nitrogen and oxygen atoms in total. The largest absolute Gasteiger partial charge is 0.462 e. The zero-order chi connectivity index (χ0) is 15.7. The number of carbonyl (C=O) groups is 1. The first-order chi connectivity index (χ1) is 10.0. The fourth-order valence-electron chi connectivity index (χ4n) is 1.71. The Labute approximate surface area is 131 Å². The Morgan fingerprint density at radius 3 is 2.81 bits per heavy atom. The van der Waals surface area contributed by atoms with Gasteiger partial charge in [0.25, 0.3) is 0 Å². The first-order valence-electron chi connectivity index (χ1n) is 6.99. The number of hydrogen-bond acceptors (Lipinski definition) is 4. The van der Waals surface area contributed by atoms with Crippen molar-refractivity contribution in [3.63, 3.8) is 0 Å². The monoisotopic (exact) mass is 309 g/mol. The first-order valence-corrected chi connectivity index (χ1v) is 7.40. The van der Waals surface area contributed by atoms with Gasteiger partial charge in [0.15, 0.2) is 5.11 Å². The zero-order valence-corrected chi connectivity index (χ0v) is 13.6. The van der Waals surface area contributed by atoms with Crippen molar-refractivity contribution in [3.8, 4) is 0 Å². The Bertz CT molecular complexity index is 478. The smallest absolute Gasteiger partial charge is 0.338 e. The molecular weight excluding hydrogens is 286 g/mol. The summed E-state index contributed by atoms with van der Waals surface area (Å²) in [6.07, 6.45) is 1.01. The molecule has 1 aromatic carbocycles. The third-order valence-corrected chi connectivity index (χ3v) is 2.95. The Kier molecular flexibility index (Phi) is 7.71. The molecule has 0 spiro atoms. The van der Waals surface area contributed by atoms with E-state index >= 15 is 0 Å². The number of ether oxygens (including phenoxy) is 1. The number of anilines is 1. The van der Waals surface area contributed by atoms with Crippen molar-refractivity contribution in [2.75, 3.05) is 39.1 Å². The second kappa shape index (κ2) is 9.31. The van der Waals surface area contributed by atoms with Crippen LogP contribution >= 0.6 is 12.2 Å². The normalized spacial score (nSPS) is 10.3. The molecule has 0 fully saturated rings. The van der Waals surface area contributed by atoms with Crippen LogP contribution in [-0.4, -0.2) is 49.8 Å².